The van der Waals surface area contributed by atoms with Crippen molar-refractivity contribution in [2.75, 3.05) is 11.9 Å². The van der Waals surface area contributed by atoms with Crippen molar-refractivity contribution in [3.8, 4) is 5.75 Å². The van der Waals surface area contributed by atoms with Crippen LogP contribution in [0.2, 0.25) is 0 Å². The molecule has 3 aromatic rings. The van der Waals surface area contributed by atoms with Gasteiger partial charge in [-0.05, 0) is 73.2 Å². The molecule has 4 rings (SSSR count). The summed E-state index contributed by atoms with van der Waals surface area (Å²) in [5.74, 6) is 0.224. The van der Waals surface area contributed by atoms with E-state index in [9.17, 15) is 4.79 Å². The lowest BCUT2D eigenvalue weighted by Crippen LogP contribution is -2.16. The van der Waals surface area contributed by atoms with E-state index in [1.807, 2.05) is 18.2 Å². The number of hydrogen-bond acceptors (Lipinski definition) is 4. The number of fused-ring (bicyclic) bond motifs is 1. The molecule has 1 aliphatic carbocycles. The van der Waals surface area contributed by atoms with E-state index in [0.717, 1.165) is 24.9 Å². The van der Waals surface area contributed by atoms with Crippen LogP contribution in [0.1, 0.15) is 44.2 Å². The molecule has 0 aromatic heterocycles. The van der Waals surface area contributed by atoms with Crippen molar-refractivity contribution in [2.45, 2.75) is 44.7 Å². The second-order valence-electron chi connectivity index (χ2n) is 8.54. The number of aliphatic imine (C=N–C) groups is 1. The third-order valence-corrected chi connectivity index (χ3v) is 6.15. The van der Waals surface area contributed by atoms with E-state index in [1.54, 1.807) is 6.07 Å². The Morgan fingerprint density at radius 3 is 2.84 bits per heavy atom. The van der Waals surface area contributed by atoms with Crippen molar-refractivity contribution < 1.29 is 14.6 Å². The molecule has 5 heteroatoms. The Labute approximate surface area is 189 Å². The lowest BCUT2D eigenvalue weighted by Gasteiger charge is -2.15. The summed E-state index contributed by atoms with van der Waals surface area (Å²) in [5, 5.41) is 14.9. The van der Waals surface area contributed by atoms with Crippen LogP contribution < -0.4 is 10.1 Å². The fraction of sp³-hybridized carbons (Fsp3) is 0.333. The number of hydrogen-bond donors (Lipinski definition) is 2. The molecule has 1 aliphatic rings. The third-order valence-electron chi connectivity index (χ3n) is 6.15. The highest BCUT2D eigenvalue weighted by Gasteiger charge is 2.24. The molecule has 0 amide bonds. The number of nitrogens with zero attached hydrogens (tertiary/aromatic N) is 1. The molecule has 166 valence electrons. The monoisotopic (exact) mass is 430 g/mol. The summed E-state index contributed by atoms with van der Waals surface area (Å²) in [5.41, 5.74) is 2.24. The topological polar surface area (TPSA) is 70.9 Å². The number of aliphatic carboxylic acids is 1. The average molecular weight is 431 g/mol. The molecule has 32 heavy (non-hydrogen) atoms. The molecule has 3 atom stereocenters. The number of benzene rings is 3. The molecule has 0 bridgehead atoms. The predicted octanol–water partition coefficient (Wildman–Crippen LogP) is 6.11. The molecular formula is C27H30N2O3. The second-order valence-corrected chi connectivity index (χ2v) is 8.54. The molecule has 1 saturated carbocycles. The Morgan fingerprint density at radius 1 is 1.16 bits per heavy atom. The number of carboxylic acids is 1. The van der Waals surface area contributed by atoms with E-state index in [1.165, 1.54) is 22.8 Å². The normalized spacial score (nSPS) is 19.3. The van der Waals surface area contributed by atoms with Gasteiger partial charge in [0.1, 0.15) is 5.75 Å². The Kier molecular flexibility index (Phi) is 7.05. The van der Waals surface area contributed by atoms with E-state index < -0.39 is 5.97 Å². The van der Waals surface area contributed by atoms with Crippen LogP contribution in [0.5, 0.6) is 5.75 Å². The van der Waals surface area contributed by atoms with Gasteiger partial charge in [0.05, 0.1) is 6.04 Å². The maximum Gasteiger partial charge on any atom is 0.341 e. The lowest BCUT2D eigenvalue weighted by atomic mass is 10.00. The third kappa shape index (κ3) is 5.67. The smallest absolute Gasteiger partial charge is 0.341 e. The lowest BCUT2D eigenvalue weighted by molar-refractivity contribution is -0.139. The summed E-state index contributed by atoms with van der Waals surface area (Å²) in [6, 6.07) is 23.0. The van der Waals surface area contributed by atoms with E-state index in [0.29, 0.717) is 17.7 Å². The number of carboxylic acid groups (broad SMARTS) is 1. The van der Waals surface area contributed by atoms with E-state index in [4.69, 9.17) is 14.8 Å². The van der Waals surface area contributed by atoms with Gasteiger partial charge in [0, 0.05) is 17.8 Å². The number of carbonyl (C=O) groups is 1. The van der Waals surface area contributed by atoms with Crippen LogP contribution >= 0.6 is 0 Å². The van der Waals surface area contributed by atoms with Crippen LogP contribution in [0.3, 0.4) is 0 Å². The summed E-state index contributed by atoms with van der Waals surface area (Å²) in [6.07, 6.45) is 6.52. The molecule has 0 saturated heterocycles. The first-order valence-electron chi connectivity index (χ1n) is 11.3. The predicted molar refractivity (Wildman–Crippen MR) is 130 cm³/mol. The molecule has 0 spiro atoms. The van der Waals surface area contributed by atoms with Crippen molar-refractivity contribution in [3.63, 3.8) is 0 Å². The summed E-state index contributed by atoms with van der Waals surface area (Å²) in [6.45, 7) is 1.84. The van der Waals surface area contributed by atoms with Gasteiger partial charge in [-0.3, -0.25) is 4.99 Å². The maximum atomic E-state index is 10.7. The van der Waals surface area contributed by atoms with Gasteiger partial charge in [0.25, 0.3) is 0 Å². The Morgan fingerprint density at radius 2 is 1.97 bits per heavy atom. The summed E-state index contributed by atoms with van der Waals surface area (Å²) >= 11 is 0. The molecule has 0 radical (unpaired) electrons. The highest BCUT2D eigenvalue weighted by atomic mass is 16.5. The minimum Gasteiger partial charge on any atom is -0.482 e. The highest BCUT2D eigenvalue weighted by Crippen LogP contribution is 2.31. The molecule has 2 unspecified atom stereocenters. The highest BCUT2D eigenvalue weighted by molar-refractivity contribution is 5.86. The zero-order chi connectivity index (χ0) is 22.3. The average Bonchev–Trinajstić information content (AvgIpc) is 3.24. The van der Waals surface area contributed by atoms with Crippen LogP contribution in [-0.2, 0) is 4.79 Å². The van der Waals surface area contributed by atoms with Crippen molar-refractivity contribution in [1.29, 1.82) is 0 Å². The van der Waals surface area contributed by atoms with Gasteiger partial charge in [0.2, 0.25) is 0 Å². The Balaban J connectivity index is 1.28. The number of rotatable bonds is 9. The van der Waals surface area contributed by atoms with Gasteiger partial charge in [-0.15, -0.1) is 0 Å². The first kappa shape index (κ1) is 21.9. The van der Waals surface area contributed by atoms with Gasteiger partial charge in [-0.2, -0.15) is 0 Å². The first-order chi connectivity index (χ1) is 15.6. The van der Waals surface area contributed by atoms with Crippen molar-refractivity contribution >= 4 is 28.6 Å². The molecule has 5 nitrogen and oxygen atoms in total. The van der Waals surface area contributed by atoms with Crippen molar-refractivity contribution in [3.05, 3.63) is 72.3 Å². The zero-order valence-electron chi connectivity index (χ0n) is 18.4. The minimum atomic E-state index is -0.974. The number of nitrogens with one attached hydrogen (secondary N) is 1. The Bertz CT molecular complexity index is 1090. The zero-order valence-corrected chi connectivity index (χ0v) is 18.4. The number of ether oxygens (including phenoxy) is 1. The second kappa shape index (κ2) is 10.3. The Hall–Kier alpha value is -3.34. The van der Waals surface area contributed by atoms with Crippen LogP contribution in [0.15, 0.2) is 71.7 Å². The van der Waals surface area contributed by atoms with Gasteiger partial charge in [0.15, 0.2) is 6.61 Å². The molecule has 1 fully saturated rings. The van der Waals surface area contributed by atoms with Crippen LogP contribution in [0, 0.1) is 5.92 Å². The van der Waals surface area contributed by atoms with E-state index >= 15 is 0 Å². The fourth-order valence-corrected chi connectivity index (χ4v) is 4.54. The quantitative estimate of drug-likeness (QED) is 0.402. The summed E-state index contributed by atoms with van der Waals surface area (Å²) in [7, 11) is 0. The molecule has 0 aliphatic heterocycles. The minimum absolute atomic E-state index is 0.143. The van der Waals surface area contributed by atoms with E-state index in [2.05, 4.69) is 60.9 Å². The molecular weight excluding hydrogens is 400 g/mol. The summed E-state index contributed by atoms with van der Waals surface area (Å²) < 4.78 is 5.28. The van der Waals surface area contributed by atoms with Crippen LogP contribution in [0.25, 0.3) is 10.8 Å². The van der Waals surface area contributed by atoms with E-state index in [-0.39, 0.29) is 12.6 Å². The van der Waals surface area contributed by atoms with Gasteiger partial charge in [-0.1, -0.05) is 48.5 Å². The van der Waals surface area contributed by atoms with Gasteiger partial charge in [-0.25, -0.2) is 4.79 Å². The fourth-order valence-electron chi connectivity index (χ4n) is 4.54. The summed E-state index contributed by atoms with van der Waals surface area (Å²) in [4.78, 5) is 15.5. The van der Waals surface area contributed by atoms with Crippen molar-refractivity contribution in [2.24, 2.45) is 10.9 Å². The molecule has 3 aromatic carbocycles. The SMILES string of the molecule is C[C@@H](N=CCC1CCC(Nc2cccc(OCC(=O)O)c2)C1)c1cccc2ccccc12. The molecule has 0 heterocycles. The van der Waals surface area contributed by atoms with Crippen molar-refractivity contribution in [1.82, 2.24) is 0 Å². The van der Waals surface area contributed by atoms with Gasteiger partial charge < -0.3 is 15.2 Å². The standard InChI is InChI=1S/C27H30N2O3/c1-19(25-11-4-7-21-6-2-3-10-26(21)25)28-15-14-20-12-13-23(16-20)29-22-8-5-9-24(17-22)32-18-27(30)31/h2-11,15,17,19-20,23,29H,12-14,16,18H2,1H3,(H,30,31)/t19-,20?,23?/m1/s1. The largest absolute Gasteiger partial charge is 0.482 e. The van der Waals surface area contributed by atoms with Crippen LogP contribution in [0.4, 0.5) is 5.69 Å². The van der Waals surface area contributed by atoms with Gasteiger partial charge >= 0.3 is 5.97 Å². The first-order valence-corrected chi connectivity index (χ1v) is 11.3. The van der Waals surface area contributed by atoms with Crippen LogP contribution in [-0.4, -0.2) is 29.9 Å². The number of anilines is 1. The molecule has 2 N–H and O–H groups in total. The maximum absolute atomic E-state index is 10.7.